The van der Waals surface area contributed by atoms with Crippen molar-refractivity contribution in [1.82, 2.24) is 4.90 Å². The Hall–Kier alpha value is -3.06. The molecule has 1 aliphatic heterocycles. The average Bonchev–Trinajstić information content (AvgIpc) is 3.40. The molecule has 1 unspecified atom stereocenters. The summed E-state index contributed by atoms with van der Waals surface area (Å²) >= 11 is 1.43. The zero-order chi connectivity index (χ0) is 18.3. The molecule has 0 spiro atoms. The molecule has 0 radical (unpaired) electrons. The van der Waals surface area contributed by atoms with Gasteiger partial charge >= 0.3 is 0 Å². The number of hydrogen-bond acceptors (Lipinski definition) is 6. The number of amides is 1. The molecule has 0 aliphatic carbocycles. The van der Waals surface area contributed by atoms with E-state index >= 15 is 0 Å². The van der Waals surface area contributed by atoms with Gasteiger partial charge in [-0.1, -0.05) is 0 Å². The van der Waals surface area contributed by atoms with Crippen LogP contribution < -0.4 is 0 Å². The Balaban J connectivity index is 1.81. The maximum atomic E-state index is 12.9. The number of thiophene rings is 1. The minimum absolute atomic E-state index is 0.0297. The summed E-state index contributed by atoms with van der Waals surface area (Å²) < 4.78 is 10.5. The van der Waals surface area contributed by atoms with E-state index in [1.165, 1.54) is 34.8 Å². The number of nitrogens with zero attached hydrogens (tertiary/aromatic N) is 1. The first-order valence-electron chi connectivity index (χ1n) is 7.96. The second kappa shape index (κ2) is 6.34. The average molecular weight is 369 g/mol. The number of hydrogen-bond donors (Lipinski definition) is 1. The van der Waals surface area contributed by atoms with Crippen molar-refractivity contribution in [2.24, 2.45) is 0 Å². The third-order valence-corrected chi connectivity index (χ3v) is 5.42. The van der Waals surface area contributed by atoms with Crippen molar-refractivity contribution in [2.45, 2.75) is 19.5 Å². The summed E-state index contributed by atoms with van der Waals surface area (Å²) in [5, 5.41) is 12.4. The zero-order valence-corrected chi connectivity index (χ0v) is 14.7. The Labute approximate surface area is 153 Å². The Morgan fingerprint density at radius 1 is 1.23 bits per heavy atom. The first-order chi connectivity index (χ1) is 12.6. The Morgan fingerprint density at radius 3 is 2.62 bits per heavy atom. The van der Waals surface area contributed by atoms with E-state index in [0.717, 1.165) is 10.4 Å². The summed E-state index contributed by atoms with van der Waals surface area (Å²) in [5.41, 5.74) is 0.971. The van der Waals surface area contributed by atoms with Crippen molar-refractivity contribution in [2.75, 3.05) is 0 Å². The van der Waals surface area contributed by atoms with Gasteiger partial charge in [-0.25, -0.2) is 0 Å². The van der Waals surface area contributed by atoms with Crippen molar-refractivity contribution >= 4 is 23.0 Å². The van der Waals surface area contributed by atoms with Gasteiger partial charge in [0.2, 0.25) is 5.78 Å². The molecule has 0 aromatic carbocycles. The molecule has 0 saturated carbocycles. The summed E-state index contributed by atoms with van der Waals surface area (Å²) in [4.78, 5) is 27.9. The maximum absolute atomic E-state index is 12.9. The number of furan rings is 2. The lowest BCUT2D eigenvalue weighted by atomic mass is 9.98. The predicted octanol–water partition coefficient (Wildman–Crippen LogP) is 4.02. The zero-order valence-electron chi connectivity index (χ0n) is 13.8. The molecule has 1 N–H and O–H groups in total. The highest BCUT2D eigenvalue weighted by atomic mass is 32.1. The van der Waals surface area contributed by atoms with Crippen LogP contribution in [0.1, 0.15) is 32.8 Å². The number of carbonyl (C=O) groups is 2. The van der Waals surface area contributed by atoms with E-state index in [1.54, 1.807) is 18.2 Å². The highest BCUT2D eigenvalue weighted by Crippen LogP contribution is 2.43. The number of aliphatic hydroxyl groups excluding tert-OH is 1. The molecule has 3 aromatic heterocycles. The first-order valence-corrected chi connectivity index (χ1v) is 8.84. The summed E-state index contributed by atoms with van der Waals surface area (Å²) in [5.74, 6) is -0.999. The molecule has 3 aromatic rings. The molecule has 132 valence electrons. The van der Waals surface area contributed by atoms with Crippen LogP contribution >= 0.6 is 11.3 Å². The summed E-state index contributed by atoms with van der Waals surface area (Å²) in [6.07, 6.45) is 2.90. The van der Waals surface area contributed by atoms with Crippen LogP contribution in [0.3, 0.4) is 0 Å². The van der Waals surface area contributed by atoms with Crippen LogP contribution in [0.15, 0.2) is 68.4 Å². The van der Waals surface area contributed by atoms with Gasteiger partial charge in [-0.2, -0.15) is 0 Å². The molecule has 26 heavy (non-hydrogen) atoms. The van der Waals surface area contributed by atoms with Crippen LogP contribution in [0.25, 0.3) is 0 Å². The molecule has 6 nitrogen and oxygen atoms in total. The second-order valence-corrected chi connectivity index (χ2v) is 6.90. The molecule has 7 heteroatoms. The number of ketones is 1. The third kappa shape index (κ3) is 2.57. The molecule has 4 heterocycles. The van der Waals surface area contributed by atoms with Crippen LogP contribution in [-0.2, 0) is 11.3 Å². The molecule has 0 fully saturated rings. The van der Waals surface area contributed by atoms with Gasteiger partial charge in [-0.15, -0.1) is 11.3 Å². The summed E-state index contributed by atoms with van der Waals surface area (Å²) in [7, 11) is 0. The van der Waals surface area contributed by atoms with Crippen molar-refractivity contribution in [3.63, 3.8) is 0 Å². The third-order valence-electron chi connectivity index (χ3n) is 4.35. The van der Waals surface area contributed by atoms with Crippen molar-refractivity contribution in [1.29, 1.82) is 0 Å². The SMILES string of the molecule is Cc1ccsc1C1C(C(=O)c2ccco2)=C(O)C(=O)N1Cc1ccco1. The van der Waals surface area contributed by atoms with Gasteiger partial charge in [-0.05, 0) is 48.2 Å². The van der Waals surface area contributed by atoms with Gasteiger partial charge in [0.1, 0.15) is 11.8 Å². The molecule has 1 amide bonds. The minimum atomic E-state index is -0.690. The summed E-state index contributed by atoms with van der Waals surface area (Å²) in [6, 6.07) is 7.80. The molecule has 0 saturated heterocycles. The number of rotatable bonds is 5. The molecule has 4 rings (SSSR count). The fourth-order valence-electron chi connectivity index (χ4n) is 3.10. The monoisotopic (exact) mass is 369 g/mol. The van der Waals surface area contributed by atoms with Gasteiger partial charge in [0, 0.05) is 4.88 Å². The topological polar surface area (TPSA) is 83.9 Å². The Kier molecular flexibility index (Phi) is 4.00. The van der Waals surface area contributed by atoms with E-state index < -0.39 is 23.5 Å². The Morgan fingerprint density at radius 2 is 2.00 bits per heavy atom. The van der Waals surface area contributed by atoms with Gasteiger partial charge in [0.15, 0.2) is 11.5 Å². The van der Waals surface area contributed by atoms with Crippen molar-refractivity contribution in [3.05, 3.63) is 81.5 Å². The normalized spacial score (nSPS) is 17.3. The highest BCUT2D eigenvalue weighted by molar-refractivity contribution is 7.10. The molecule has 1 aliphatic rings. The van der Waals surface area contributed by atoms with E-state index in [1.807, 2.05) is 18.4 Å². The fourth-order valence-corrected chi connectivity index (χ4v) is 4.14. The lowest BCUT2D eigenvalue weighted by Gasteiger charge is -2.25. The molecular weight excluding hydrogens is 354 g/mol. The fraction of sp³-hybridized carbons (Fsp3) is 0.158. The van der Waals surface area contributed by atoms with Gasteiger partial charge in [0.05, 0.1) is 24.6 Å². The van der Waals surface area contributed by atoms with Gasteiger partial charge in [0.25, 0.3) is 5.91 Å². The maximum Gasteiger partial charge on any atom is 0.290 e. The highest BCUT2D eigenvalue weighted by Gasteiger charge is 2.45. The van der Waals surface area contributed by atoms with Crippen LogP contribution in [0.5, 0.6) is 0 Å². The quantitative estimate of drug-likeness (QED) is 0.687. The van der Waals surface area contributed by atoms with Crippen LogP contribution in [0, 0.1) is 6.92 Å². The summed E-state index contributed by atoms with van der Waals surface area (Å²) in [6.45, 7) is 2.05. The predicted molar refractivity (Wildman–Crippen MR) is 93.7 cm³/mol. The van der Waals surface area contributed by atoms with Crippen LogP contribution in [-0.4, -0.2) is 21.7 Å². The van der Waals surface area contributed by atoms with E-state index in [4.69, 9.17) is 8.83 Å². The standard InChI is InChI=1S/C19H15NO5S/c1-11-6-9-26-18(11)15-14(16(21)13-5-3-8-25-13)17(22)19(23)20(15)10-12-4-2-7-24-12/h2-9,15,22H,10H2,1H3. The number of aryl methyl sites for hydroxylation is 1. The van der Waals surface area contributed by atoms with Crippen molar-refractivity contribution < 1.29 is 23.5 Å². The molecular formula is C19H15NO5S. The van der Waals surface area contributed by atoms with E-state index in [2.05, 4.69) is 0 Å². The molecule has 1 atom stereocenters. The van der Waals surface area contributed by atoms with Crippen LogP contribution in [0.2, 0.25) is 0 Å². The lowest BCUT2D eigenvalue weighted by molar-refractivity contribution is -0.130. The van der Waals surface area contributed by atoms with Crippen LogP contribution in [0.4, 0.5) is 0 Å². The first kappa shape index (κ1) is 16.4. The van der Waals surface area contributed by atoms with Crippen molar-refractivity contribution in [3.8, 4) is 0 Å². The lowest BCUT2D eigenvalue weighted by Crippen LogP contribution is -2.30. The number of carbonyl (C=O) groups excluding carboxylic acids is 2. The second-order valence-electron chi connectivity index (χ2n) is 5.95. The smallest absolute Gasteiger partial charge is 0.290 e. The van der Waals surface area contributed by atoms with Gasteiger partial charge < -0.3 is 18.8 Å². The number of Topliss-reactive ketones (excluding diaryl/α,β-unsaturated/α-hetero) is 1. The van der Waals surface area contributed by atoms with E-state index in [9.17, 15) is 14.7 Å². The largest absolute Gasteiger partial charge is 0.503 e. The number of aliphatic hydroxyl groups is 1. The van der Waals surface area contributed by atoms with E-state index in [0.29, 0.717) is 5.76 Å². The minimum Gasteiger partial charge on any atom is -0.503 e. The molecule has 0 bridgehead atoms. The van der Waals surface area contributed by atoms with Gasteiger partial charge in [-0.3, -0.25) is 9.59 Å². The Bertz CT molecular complexity index is 981. The van der Waals surface area contributed by atoms with E-state index in [-0.39, 0.29) is 17.9 Å².